The lowest BCUT2D eigenvalue weighted by Gasteiger charge is -2.42. The van der Waals surface area contributed by atoms with Gasteiger partial charge in [0.1, 0.15) is 5.52 Å². The third-order valence-corrected chi connectivity index (χ3v) is 6.09. The number of hydrogen-bond donors (Lipinski definition) is 0. The van der Waals surface area contributed by atoms with E-state index in [2.05, 4.69) is 9.17 Å². The van der Waals surface area contributed by atoms with Crippen LogP contribution in [0.1, 0.15) is 0 Å². The Morgan fingerprint density at radius 1 is 0.564 bits per heavy atom. The molecular weight excluding hydrogens is 621 g/mol. The molecule has 22 heteroatoms. The van der Waals surface area contributed by atoms with Gasteiger partial charge in [-0.15, -0.1) is 0 Å². The highest BCUT2D eigenvalue weighted by atomic mass is 32.2. The lowest BCUT2D eigenvalue weighted by atomic mass is 9.91. The topological polar surface area (TPSA) is 56.3 Å². The van der Waals surface area contributed by atoms with Crippen LogP contribution in [-0.4, -0.2) is 60.4 Å². The van der Waals surface area contributed by atoms with Crippen molar-refractivity contribution in [2.45, 2.75) is 47.0 Å². The summed E-state index contributed by atoms with van der Waals surface area (Å²) >= 11 is 0. The zero-order valence-electron chi connectivity index (χ0n) is 17.5. The minimum absolute atomic E-state index is 0.204. The average molecular weight is 627 g/mol. The SMILES string of the molecule is O=S(=O)(Oc1cccc2cccnc12)C(F)(F)C(F)(F)C(F)(F)C(F)(F)C(F)(F)C(F)(F)C(F)(F)C(F)(F)F. The van der Waals surface area contributed by atoms with E-state index >= 15 is 0 Å². The fourth-order valence-electron chi connectivity index (χ4n) is 2.62. The van der Waals surface area contributed by atoms with Gasteiger partial charge in [-0.1, -0.05) is 18.2 Å². The van der Waals surface area contributed by atoms with Crippen molar-refractivity contribution in [3.05, 3.63) is 36.5 Å². The Labute approximate surface area is 203 Å². The van der Waals surface area contributed by atoms with E-state index < -0.39 is 68.4 Å². The Balaban J connectivity index is 2.65. The summed E-state index contributed by atoms with van der Waals surface area (Å²) in [4.78, 5) is 3.36. The van der Waals surface area contributed by atoms with Gasteiger partial charge in [-0.2, -0.15) is 83.1 Å². The molecule has 0 unspecified atom stereocenters. The monoisotopic (exact) mass is 627 g/mol. The van der Waals surface area contributed by atoms with Crippen LogP contribution in [-0.2, 0) is 10.1 Å². The fourth-order valence-corrected chi connectivity index (χ4v) is 3.54. The van der Waals surface area contributed by atoms with Crippen molar-refractivity contribution in [1.29, 1.82) is 0 Å². The Morgan fingerprint density at radius 2 is 0.974 bits per heavy atom. The Morgan fingerprint density at radius 3 is 1.44 bits per heavy atom. The third kappa shape index (κ3) is 4.28. The van der Waals surface area contributed by atoms with E-state index in [9.17, 15) is 83.1 Å². The fraction of sp³-hybridized carbons (Fsp3) is 0.471. The number of alkyl halides is 17. The number of benzene rings is 1. The number of fused-ring (bicyclic) bond motifs is 1. The molecule has 1 heterocycles. The molecule has 0 spiro atoms. The van der Waals surface area contributed by atoms with Gasteiger partial charge in [0, 0.05) is 11.6 Å². The van der Waals surface area contributed by atoms with Crippen molar-refractivity contribution in [3.8, 4) is 5.75 Å². The summed E-state index contributed by atoms with van der Waals surface area (Å²) < 4.78 is 254. The van der Waals surface area contributed by atoms with Crippen molar-refractivity contribution in [2.75, 3.05) is 0 Å². The van der Waals surface area contributed by atoms with Crippen LogP contribution >= 0.6 is 0 Å². The number of nitrogens with zero attached hydrogens (tertiary/aromatic N) is 1. The van der Waals surface area contributed by atoms with Crippen LogP contribution in [0.2, 0.25) is 0 Å². The molecule has 0 fully saturated rings. The van der Waals surface area contributed by atoms with Crippen LogP contribution in [0.4, 0.5) is 74.6 Å². The Kier molecular flexibility index (Phi) is 7.35. The molecule has 0 atom stereocenters. The molecule has 0 aliphatic heterocycles. The molecule has 0 saturated heterocycles. The Bertz CT molecular complexity index is 1330. The van der Waals surface area contributed by atoms with Crippen LogP contribution in [0.25, 0.3) is 10.9 Å². The predicted molar refractivity (Wildman–Crippen MR) is 92.0 cm³/mol. The van der Waals surface area contributed by atoms with Gasteiger partial charge in [-0.3, -0.25) is 4.98 Å². The van der Waals surface area contributed by atoms with Crippen LogP contribution in [0.5, 0.6) is 5.75 Å². The number of aromatic nitrogens is 1. The molecule has 1 aromatic carbocycles. The normalized spacial score (nSPS) is 15.5. The molecular formula is C17H6F17NO3S. The average Bonchev–Trinajstić information content (AvgIpc) is 2.77. The lowest BCUT2D eigenvalue weighted by Crippen LogP contribution is -2.75. The van der Waals surface area contributed by atoms with E-state index in [1.165, 1.54) is 0 Å². The van der Waals surface area contributed by atoms with Gasteiger partial charge in [-0.25, -0.2) is 0 Å². The standard InChI is InChI=1S/C17H6F17NO3S/c18-10(19,12(22,23)14(26,27)16(30,31)32)11(20,21)13(24,25)15(28,29)17(33,34)39(36,37)38-8-5-1-3-7-4-2-6-35-9(7)8/h1-6H. The minimum Gasteiger partial charge on any atom is -0.376 e. The molecule has 0 aliphatic carbocycles. The van der Waals surface area contributed by atoms with Crippen molar-refractivity contribution in [3.63, 3.8) is 0 Å². The van der Waals surface area contributed by atoms with Crippen molar-refractivity contribution in [1.82, 2.24) is 4.98 Å². The second-order valence-corrected chi connectivity index (χ2v) is 8.92. The molecule has 0 amide bonds. The summed E-state index contributed by atoms with van der Waals surface area (Å²) in [6.07, 6.45) is -7.09. The third-order valence-electron chi connectivity index (χ3n) is 4.80. The number of hydrogen-bond acceptors (Lipinski definition) is 4. The first-order chi connectivity index (χ1) is 17.1. The maximum atomic E-state index is 14.1. The summed E-state index contributed by atoms with van der Waals surface area (Å²) in [5.41, 5.74) is -0.777. The zero-order valence-corrected chi connectivity index (χ0v) is 18.3. The molecule has 0 saturated carbocycles. The highest BCUT2D eigenvalue weighted by molar-refractivity contribution is 7.88. The van der Waals surface area contributed by atoms with Crippen LogP contribution < -0.4 is 4.18 Å². The molecule has 4 nitrogen and oxygen atoms in total. The number of halogens is 17. The van der Waals surface area contributed by atoms with Crippen molar-refractivity contribution in [2.24, 2.45) is 0 Å². The van der Waals surface area contributed by atoms with E-state index in [0.717, 1.165) is 30.5 Å². The minimum atomic E-state index is -8.92. The van der Waals surface area contributed by atoms with Crippen LogP contribution in [0.3, 0.4) is 0 Å². The van der Waals surface area contributed by atoms with E-state index in [1.807, 2.05) is 0 Å². The molecule has 0 radical (unpaired) electrons. The molecule has 2 rings (SSSR count). The van der Waals surface area contributed by atoms with Gasteiger partial charge in [0.15, 0.2) is 5.75 Å². The van der Waals surface area contributed by atoms with Gasteiger partial charge in [-0.05, 0) is 12.1 Å². The molecule has 2 aromatic rings. The zero-order chi connectivity index (χ0) is 30.9. The van der Waals surface area contributed by atoms with E-state index in [1.54, 1.807) is 0 Å². The summed E-state index contributed by atoms with van der Waals surface area (Å²) in [6.45, 7) is 0. The first-order valence-electron chi connectivity index (χ1n) is 9.05. The maximum Gasteiger partial charge on any atom is 0.460 e. The van der Waals surface area contributed by atoms with Crippen LogP contribution in [0.15, 0.2) is 36.5 Å². The van der Waals surface area contributed by atoms with E-state index in [0.29, 0.717) is 6.07 Å². The first-order valence-corrected chi connectivity index (χ1v) is 10.5. The van der Waals surface area contributed by atoms with E-state index in [-0.39, 0.29) is 5.39 Å². The smallest absolute Gasteiger partial charge is 0.376 e. The number of rotatable bonds is 9. The highest BCUT2D eigenvalue weighted by Gasteiger charge is 2.96. The van der Waals surface area contributed by atoms with Gasteiger partial charge in [0.05, 0.1) is 0 Å². The van der Waals surface area contributed by atoms with Gasteiger partial charge >= 0.3 is 57.1 Å². The predicted octanol–water partition coefficient (Wildman–Crippen LogP) is 6.91. The Hall–Kier alpha value is -2.81. The summed E-state index contributed by atoms with van der Waals surface area (Å²) in [5.74, 6) is -53.5. The maximum absolute atomic E-state index is 14.1. The van der Waals surface area contributed by atoms with Crippen molar-refractivity contribution >= 4 is 21.0 Å². The lowest BCUT2D eigenvalue weighted by molar-refractivity contribution is -0.458. The van der Waals surface area contributed by atoms with Crippen molar-refractivity contribution < 1.29 is 87.2 Å². The number of para-hydroxylation sites is 1. The van der Waals surface area contributed by atoms with Gasteiger partial charge in [0.25, 0.3) is 0 Å². The highest BCUT2D eigenvalue weighted by Crippen LogP contribution is 2.64. The van der Waals surface area contributed by atoms with Gasteiger partial charge in [0.2, 0.25) is 0 Å². The molecule has 39 heavy (non-hydrogen) atoms. The van der Waals surface area contributed by atoms with Crippen LogP contribution in [0, 0.1) is 0 Å². The molecule has 1 aromatic heterocycles. The first kappa shape index (κ1) is 32.4. The summed E-state index contributed by atoms with van der Waals surface area (Å²) in [7, 11) is -7.74. The molecule has 0 aliphatic rings. The largest absolute Gasteiger partial charge is 0.460 e. The molecule has 0 N–H and O–H groups in total. The molecule has 222 valence electrons. The second kappa shape index (κ2) is 8.85. The second-order valence-electron chi connectivity index (χ2n) is 7.33. The quantitative estimate of drug-likeness (QED) is 0.224. The van der Waals surface area contributed by atoms with E-state index in [4.69, 9.17) is 0 Å². The molecule has 0 bridgehead atoms. The summed E-state index contributed by atoms with van der Waals surface area (Å²) in [6, 6.07) is 4.37. The summed E-state index contributed by atoms with van der Waals surface area (Å²) in [5, 5.41) is -7.98. The number of pyridine rings is 1. The van der Waals surface area contributed by atoms with Gasteiger partial charge < -0.3 is 4.18 Å².